The average molecular weight is 443 g/mol. The number of carbonyl (C=O) groups is 1. The molecule has 1 amide bonds. The molecular formula is C21H17N9OS. The SMILES string of the molecule is Cc1ccc2[nH]ncc2c1-c1nc(-c2cccnc2Nc2cscn2)nc(C(N)=O)c1N. The van der Waals surface area contributed by atoms with E-state index in [1.807, 2.05) is 24.4 Å². The molecule has 0 aliphatic rings. The van der Waals surface area contributed by atoms with Crippen LogP contribution in [-0.4, -0.2) is 36.0 Å². The molecule has 10 nitrogen and oxygen atoms in total. The molecule has 6 N–H and O–H groups in total. The Labute approximate surface area is 185 Å². The van der Waals surface area contributed by atoms with Crippen molar-refractivity contribution in [2.75, 3.05) is 11.1 Å². The number of anilines is 3. The first-order valence-electron chi connectivity index (χ1n) is 9.54. The Morgan fingerprint density at radius 3 is 2.84 bits per heavy atom. The maximum absolute atomic E-state index is 12.2. The molecule has 4 heterocycles. The number of amides is 1. The van der Waals surface area contributed by atoms with Gasteiger partial charge in [0, 0.05) is 22.5 Å². The number of rotatable bonds is 5. The highest BCUT2D eigenvalue weighted by Crippen LogP contribution is 2.36. The van der Waals surface area contributed by atoms with E-state index >= 15 is 0 Å². The number of nitrogens with two attached hydrogens (primary N) is 2. The lowest BCUT2D eigenvalue weighted by Gasteiger charge is -2.15. The fourth-order valence-corrected chi connectivity index (χ4v) is 3.97. The van der Waals surface area contributed by atoms with E-state index in [4.69, 9.17) is 16.5 Å². The van der Waals surface area contributed by atoms with Crippen LogP contribution in [0.1, 0.15) is 16.1 Å². The summed E-state index contributed by atoms with van der Waals surface area (Å²) in [6, 6.07) is 7.41. The fourth-order valence-electron chi connectivity index (χ4n) is 3.49. The smallest absolute Gasteiger partial charge is 0.269 e. The number of hydrogen-bond acceptors (Lipinski definition) is 9. The molecule has 158 valence electrons. The van der Waals surface area contributed by atoms with Gasteiger partial charge in [-0.05, 0) is 30.7 Å². The van der Waals surface area contributed by atoms with E-state index in [-0.39, 0.29) is 17.2 Å². The predicted octanol–water partition coefficient (Wildman–Crippen LogP) is 3.27. The Bertz CT molecular complexity index is 1460. The molecule has 5 aromatic rings. The summed E-state index contributed by atoms with van der Waals surface area (Å²) in [6.07, 6.45) is 3.34. The van der Waals surface area contributed by atoms with E-state index in [0.29, 0.717) is 22.9 Å². The van der Waals surface area contributed by atoms with E-state index in [9.17, 15) is 4.79 Å². The Hall–Kier alpha value is -4.38. The van der Waals surface area contributed by atoms with Gasteiger partial charge in [-0.25, -0.2) is 19.9 Å². The number of carbonyl (C=O) groups excluding carboxylic acids is 1. The molecule has 0 aliphatic carbocycles. The van der Waals surface area contributed by atoms with Crippen LogP contribution in [-0.2, 0) is 0 Å². The van der Waals surface area contributed by atoms with Gasteiger partial charge in [0.25, 0.3) is 5.91 Å². The van der Waals surface area contributed by atoms with Gasteiger partial charge in [0.1, 0.15) is 11.6 Å². The maximum Gasteiger partial charge on any atom is 0.269 e. The van der Waals surface area contributed by atoms with E-state index < -0.39 is 5.91 Å². The lowest BCUT2D eigenvalue weighted by atomic mass is 9.99. The van der Waals surface area contributed by atoms with E-state index in [1.54, 1.807) is 30.0 Å². The number of benzene rings is 1. The van der Waals surface area contributed by atoms with Crippen LogP contribution in [0.3, 0.4) is 0 Å². The van der Waals surface area contributed by atoms with Crippen molar-refractivity contribution >= 4 is 45.5 Å². The van der Waals surface area contributed by atoms with Crippen molar-refractivity contribution in [1.29, 1.82) is 0 Å². The molecule has 5 rings (SSSR count). The number of fused-ring (bicyclic) bond motifs is 1. The van der Waals surface area contributed by atoms with E-state index in [1.165, 1.54) is 11.3 Å². The van der Waals surface area contributed by atoms with Crippen LogP contribution >= 0.6 is 11.3 Å². The summed E-state index contributed by atoms with van der Waals surface area (Å²) in [5.41, 5.74) is 17.2. The molecule has 0 unspecified atom stereocenters. The van der Waals surface area contributed by atoms with Crippen molar-refractivity contribution in [2.24, 2.45) is 5.73 Å². The van der Waals surface area contributed by atoms with Crippen LogP contribution in [0.5, 0.6) is 0 Å². The number of aryl methyl sites for hydroxylation is 1. The normalized spacial score (nSPS) is 11.0. The van der Waals surface area contributed by atoms with Gasteiger partial charge in [-0.2, -0.15) is 5.10 Å². The number of primary amides is 1. The van der Waals surface area contributed by atoms with Gasteiger partial charge in [-0.1, -0.05) is 6.07 Å². The predicted molar refractivity (Wildman–Crippen MR) is 123 cm³/mol. The molecular weight excluding hydrogens is 426 g/mol. The molecule has 0 bridgehead atoms. The molecule has 11 heteroatoms. The van der Waals surface area contributed by atoms with Gasteiger partial charge in [0.05, 0.1) is 34.2 Å². The quantitative estimate of drug-likeness (QED) is 0.322. The molecule has 0 radical (unpaired) electrons. The number of hydrogen-bond donors (Lipinski definition) is 4. The third-order valence-electron chi connectivity index (χ3n) is 4.98. The first-order valence-corrected chi connectivity index (χ1v) is 10.5. The summed E-state index contributed by atoms with van der Waals surface area (Å²) in [7, 11) is 0. The Kier molecular flexibility index (Phi) is 4.71. The summed E-state index contributed by atoms with van der Waals surface area (Å²) in [5, 5.41) is 12.9. The minimum absolute atomic E-state index is 0.0617. The van der Waals surface area contributed by atoms with E-state index in [2.05, 4.69) is 30.5 Å². The van der Waals surface area contributed by atoms with Crippen LogP contribution in [0, 0.1) is 6.92 Å². The number of aromatic nitrogens is 6. The Morgan fingerprint density at radius 1 is 1.19 bits per heavy atom. The van der Waals surface area contributed by atoms with Crippen LogP contribution < -0.4 is 16.8 Å². The number of H-pyrrole nitrogens is 1. The summed E-state index contributed by atoms with van der Waals surface area (Å²) in [6.45, 7) is 1.94. The maximum atomic E-state index is 12.2. The first kappa shape index (κ1) is 19.6. The molecule has 0 atom stereocenters. The topological polar surface area (TPSA) is 161 Å². The lowest BCUT2D eigenvalue weighted by molar-refractivity contribution is 0.0996. The number of aromatic amines is 1. The highest BCUT2D eigenvalue weighted by molar-refractivity contribution is 7.07. The molecule has 0 fully saturated rings. The van der Waals surface area contributed by atoms with Crippen LogP contribution in [0.2, 0.25) is 0 Å². The molecule has 0 saturated carbocycles. The number of nitrogens with one attached hydrogen (secondary N) is 2. The third kappa shape index (κ3) is 3.30. The van der Waals surface area contributed by atoms with Crippen LogP contribution in [0.15, 0.2) is 47.5 Å². The monoisotopic (exact) mass is 443 g/mol. The zero-order valence-electron chi connectivity index (χ0n) is 16.8. The van der Waals surface area contributed by atoms with Gasteiger partial charge in [-0.15, -0.1) is 11.3 Å². The average Bonchev–Trinajstić information content (AvgIpc) is 3.46. The molecule has 4 aromatic heterocycles. The second-order valence-corrected chi connectivity index (χ2v) is 7.73. The van der Waals surface area contributed by atoms with Crippen molar-refractivity contribution in [3.8, 4) is 22.6 Å². The van der Waals surface area contributed by atoms with Crippen LogP contribution in [0.4, 0.5) is 17.3 Å². The molecule has 0 saturated heterocycles. The van der Waals surface area contributed by atoms with Crippen molar-refractivity contribution in [2.45, 2.75) is 6.92 Å². The van der Waals surface area contributed by atoms with Gasteiger partial charge in [0.2, 0.25) is 0 Å². The number of nitrogen functional groups attached to an aromatic ring is 1. The minimum Gasteiger partial charge on any atom is -0.395 e. The van der Waals surface area contributed by atoms with Crippen molar-refractivity contribution < 1.29 is 4.79 Å². The highest BCUT2D eigenvalue weighted by Gasteiger charge is 2.22. The summed E-state index contributed by atoms with van der Waals surface area (Å²) < 4.78 is 0. The zero-order chi connectivity index (χ0) is 22.2. The van der Waals surface area contributed by atoms with Crippen molar-refractivity contribution in [1.82, 2.24) is 30.1 Å². The molecule has 0 aliphatic heterocycles. The lowest BCUT2D eigenvalue weighted by Crippen LogP contribution is -2.18. The second-order valence-electron chi connectivity index (χ2n) is 7.01. The Balaban J connectivity index is 1.76. The van der Waals surface area contributed by atoms with Gasteiger partial charge in [0.15, 0.2) is 11.5 Å². The van der Waals surface area contributed by atoms with Gasteiger partial charge >= 0.3 is 0 Å². The van der Waals surface area contributed by atoms with Gasteiger partial charge in [-0.3, -0.25) is 9.89 Å². The first-order chi connectivity index (χ1) is 15.5. The Morgan fingerprint density at radius 2 is 2.06 bits per heavy atom. The molecule has 0 spiro atoms. The number of thiazole rings is 1. The number of nitrogens with zero attached hydrogens (tertiary/aromatic N) is 5. The minimum atomic E-state index is -0.748. The standard InChI is InChI=1S/C21H17N9OS/c1-10-4-5-13-12(7-26-30-13)15(10)17-16(22)18(19(23)31)29-21(28-17)11-3-2-6-24-20(11)27-14-8-32-9-25-14/h2-9H,22H2,1H3,(H2,23,31)(H,24,27)(H,26,30). The number of pyridine rings is 1. The zero-order valence-corrected chi connectivity index (χ0v) is 17.6. The largest absolute Gasteiger partial charge is 0.395 e. The van der Waals surface area contributed by atoms with E-state index in [0.717, 1.165) is 22.0 Å². The van der Waals surface area contributed by atoms with Crippen molar-refractivity contribution in [3.63, 3.8) is 0 Å². The molecule has 1 aromatic carbocycles. The van der Waals surface area contributed by atoms with Crippen LogP contribution in [0.25, 0.3) is 33.5 Å². The fraction of sp³-hybridized carbons (Fsp3) is 0.0476. The summed E-state index contributed by atoms with van der Waals surface area (Å²) in [5.74, 6) is 0.638. The van der Waals surface area contributed by atoms with Crippen molar-refractivity contribution in [3.05, 3.63) is 58.8 Å². The summed E-state index contributed by atoms with van der Waals surface area (Å²) in [4.78, 5) is 30.0. The third-order valence-corrected chi connectivity index (χ3v) is 5.56. The van der Waals surface area contributed by atoms with Gasteiger partial charge < -0.3 is 16.8 Å². The highest BCUT2D eigenvalue weighted by atomic mass is 32.1. The second kappa shape index (κ2) is 7.71. The molecule has 32 heavy (non-hydrogen) atoms. The summed E-state index contributed by atoms with van der Waals surface area (Å²) >= 11 is 1.45.